The number of carboxylic acid groups (broad SMARTS) is 1. The lowest BCUT2D eigenvalue weighted by atomic mass is 10.0. The number of allylic oxidation sites excluding steroid dienone is 4. The fraction of sp³-hybridized carbons (Fsp3) is 0.529. The maximum Gasteiger partial charge on any atom is 0.335 e. The van der Waals surface area contributed by atoms with Crippen LogP contribution in [0.1, 0.15) is 27.2 Å². The first kappa shape index (κ1) is 19.1. The van der Waals surface area contributed by atoms with Crippen LogP contribution in [0.3, 0.4) is 0 Å². The molecule has 0 spiro atoms. The van der Waals surface area contributed by atoms with E-state index in [-0.39, 0.29) is 5.92 Å². The largest absolute Gasteiger partial charge is 0.478 e. The summed E-state index contributed by atoms with van der Waals surface area (Å²) in [4.78, 5) is 22.3. The number of carbonyl (C=O) groups is 2. The molecule has 1 rings (SSSR count). The lowest BCUT2D eigenvalue weighted by molar-refractivity contribution is -0.162. The van der Waals surface area contributed by atoms with Gasteiger partial charge in [0.1, 0.15) is 5.60 Å². The quantitative estimate of drug-likeness (QED) is 0.291. The van der Waals surface area contributed by atoms with E-state index >= 15 is 0 Å². The molecule has 1 heterocycles. The van der Waals surface area contributed by atoms with Gasteiger partial charge in [0.25, 0.3) is 0 Å². The number of epoxide rings is 1. The van der Waals surface area contributed by atoms with Crippen molar-refractivity contribution in [2.24, 2.45) is 5.92 Å². The summed E-state index contributed by atoms with van der Waals surface area (Å²) in [6.45, 7) is 5.96. The predicted octanol–water partition coefficient (Wildman–Crippen LogP) is 1.85. The Morgan fingerprint density at radius 2 is 1.91 bits per heavy atom. The SMILES string of the molecule is CCC(C)C(O)C(=O)OC(C=CC=CC=CC(=O)O)C1(C)CO1. The van der Waals surface area contributed by atoms with Gasteiger partial charge in [-0.3, -0.25) is 0 Å². The normalized spacial score (nSPS) is 24.9. The molecule has 0 amide bonds. The smallest absolute Gasteiger partial charge is 0.335 e. The molecule has 6 nitrogen and oxygen atoms in total. The molecule has 4 unspecified atom stereocenters. The third-order valence-corrected chi connectivity index (χ3v) is 3.73. The minimum atomic E-state index is -1.16. The van der Waals surface area contributed by atoms with E-state index in [9.17, 15) is 14.7 Å². The van der Waals surface area contributed by atoms with Crippen LogP contribution < -0.4 is 0 Å². The first-order valence-corrected chi connectivity index (χ1v) is 7.57. The Hall–Kier alpha value is -1.92. The summed E-state index contributed by atoms with van der Waals surface area (Å²) < 4.78 is 10.7. The van der Waals surface area contributed by atoms with Crippen LogP contribution in [0.2, 0.25) is 0 Å². The van der Waals surface area contributed by atoms with Gasteiger partial charge in [-0.2, -0.15) is 0 Å². The van der Waals surface area contributed by atoms with Gasteiger partial charge in [0.05, 0.1) is 6.61 Å². The Labute approximate surface area is 136 Å². The number of carboxylic acids is 1. The van der Waals surface area contributed by atoms with Gasteiger partial charge in [-0.25, -0.2) is 9.59 Å². The number of hydrogen-bond acceptors (Lipinski definition) is 5. The Bertz CT molecular complexity index is 501. The molecule has 23 heavy (non-hydrogen) atoms. The molecule has 0 saturated carbocycles. The summed E-state index contributed by atoms with van der Waals surface area (Å²) in [6, 6.07) is 0. The first-order valence-electron chi connectivity index (χ1n) is 7.57. The second-order valence-corrected chi connectivity index (χ2v) is 5.76. The first-order chi connectivity index (χ1) is 10.8. The zero-order chi connectivity index (χ0) is 17.5. The highest BCUT2D eigenvalue weighted by Gasteiger charge is 2.48. The average Bonchev–Trinajstić information content (AvgIpc) is 3.26. The topological polar surface area (TPSA) is 96.4 Å². The number of ether oxygens (including phenoxy) is 2. The Morgan fingerprint density at radius 1 is 1.30 bits per heavy atom. The Morgan fingerprint density at radius 3 is 2.43 bits per heavy atom. The van der Waals surface area contributed by atoms with Gasteiger partial charge < -0.3 is 19.7 Å². The predicted molar refractivity (Wildman–Crippen MR) is 84.8 cm³/mol. The number of rotatable bonds is 9. The summed E-state index contributed by atoms with van der Waals surface area (Å²) >= 11 is 0. The van der Waals surface area contributed by atoms with Gasteiger partial charge in [-0.05, 0) is 18.9 Å². The van der Waals surface area contributed by atoms with E-state index in [2.05, 4.69) is 0 Å². The number of esters is 1. The number of aliphatic hydroxyl groups excluding tert-OH is 1. The Balaban J connectivity index is 2.64. The van der Waals surface area contributed by atoms with E-state index in [0.29, 0.717) is 13.0 Å². The second-order valence-electron chi connectivity index (χ2n) is 5.76. The van der Waals surface area contributed by atoms with Crippen molar-refractivity contribution in [3.8, 4) is 0 Å². The third kappa shape index (κ3) is 6.38. The van der Waals surface area contributed by atoms with Crippen LogP contribution in [0.15, 0.2) is 36.5 Å². The molecule has 0 aromatic carbocycles. The maximum atomic E-state index is 12.0. The summed E-state index contributed by atoms with van der Waals surface area (Å²) in [5, 5.41) is 18.3. The number of carbonyl (C=O) groups excluding carboxylic acids is 1. The number of aliphatic carboxylic acids is 1. The number of hydrogen-bond donors (Lipinski definition) is 2. The summed E-state index contributed by atoms with van der Waals surface area (Å²) in [5.74, 6) is -1.87. The van der Waals surface area contributed by atoms with Crippen molar-refractivity contribution in [1.29, 1.82) is 0 Å². The molecule has 6 heteroatoms. The van der Waals surface area contributed by atoms with E-state index in [1.54, 1.807) is 31.2 Å². The van der Waals surface area contributed by atoms with Crippen LogP contribution in [0, 0.1) is 5.92 Å². The van der Waals surface area contributed by atoms with Crippen LogP contribution in [0.25, 0.3) is 0 Å². The van der Waals surface area contributed by atoms with Gasteiger partial charge in [0, 0.05) is 6.08 Å². The third-order valence-electron chi connectivity index (χ3n) is 3.73. The minimum absolute atomic E-state index is 0.180. The van der Waals surface area contributed by atoms with Crippen LogP contribution in [0.4, 0.5) is 0 Å². The summed E-state index contributed by atoms with van der Waals surface area (Å²) in [5.41, 5.74) is -0.577. The van der Waals surface area contributed by atoms with Crippen molar-refractivity contribution in [1.82, 2.24) is 0 Å². The highest BCUT2D eigenvalue weighted by atomic mass is 16.6. The molecule has 128 valence electrons. The molecule has 0 aliphatic carbocycles. The van der Waals surface area contributed by atoms with Crippen LogP contribution in [0.5, 0.6) is 0 Å². The summed E-state index contributed by atoms with van der Waals surface area (Å²) in [7, 11) is 0. The highest BCUT2D eigenvalue weighted by molar-refractivity contribution is 5.80. The van der Waals surface area contributed by atoms with E-state index in [4.69, 9.17) is 14.6 Å². The highest BCUT2D eigenvalue weighted by Crippen LogP contribution is 2.33. The van der Waals surface area contributed by atoms with E-state index in [1.165, 1.54) is 6.08 Å². The standard InChI is InChI=1S/C17H24O6/c1-4-12(2)15(20)16(21)23-13(17(3)11-22-17)9-7-5-6-8-10-14(18)19/h5-10,12-13,15,20H,4,11H2,1-3H3,(H,18,19). The fourth-order valence-electron chi connectivity index (χ4n) is 1.73. The molecule has 2 N–H and O–H groups in total. The second kappa shape index (κ2) is 8.64. The lowest BCUT2D eigenvalue weighted by Crippen LogP contribution is -2.37. The molecule has 1 aliphatic rings. The van der Waals surface area contributed by atoms with Gasteiger partial charge in [0.15, 0.2) is 12.2 Å². The van der Waals surface area contributed by atoms with Crippen LogP contribution in [-0.2, 0) is 19.1 Å². The van der Waals surface area contributed by atoms with Crippen molar-refractivity contribution in [2.75, 3.05) is 6.61 Å². The van der Waals surface area contributed by atoms with E-state index in [1.807, 2.05) is 13.8 Å². The number of aliphatic hydroxyl groups is 1. The van der Waals surface area contributed by atoms with E-state index < -0.39 is 29.7 Å². The lowest BCUT2D eigenvalue weighted by Gasteiger charge is -2.22. The van der Waals surface area contributed by atoms with Gasteiger partial charge in [-0.1, -0.05) is 44.6 Å². The molecular formula is C17H24O6. The molecular weight excluding hydrogens is 300 g/mol. The Kier molecular flexibility index (Phi) is 7.19. The molecule has 4 atom stereocenters. The minimum Gasteiger partial charge on any atom is -0.478 e. The van der Waals surface area contributed by atoms with Crippen molar-refractivity contribution < 1.29 is 29.3 Å². The zero-order valence-corrected chi connectivity index (χ0v) is 13.6. The van der Waals surface area contributed by atoms with Crippen molar-refractivity contribution >= 4 is 11.9 Å². The average molecular weight is 324 g/mol. The molecule has 0 bridgehead atoms. The summed E-state index contributed by atoms with van der Waals surface area (Å²) in [6.07, 6.45) is 7.76. The van der Waals surface area contributed by atoms with Gasteiger partial charge in [-0.15, -0.1) is 0 Å². The van der Waals surface area contributed by atoms with Crippen molar-refractivity contribution in [3.63, 3.8) is 0 Å². The van der Waals surface area contributed by atoms with Crippen LogP contribution in [-0.4, -0.2) is 46.6 Å². The van der Waals surface area contributed by atoms with Crippen LogP contribution >= 0.6 is 0 Å². The van der Waals surface area contributed by atoms with E-state index in [0.717, 1.165) is 6.08 Å². The molecule has 0 radical (unpaired) electrons. The molecule has 0 aromatic heterocycles. The molecule has 1 fully saturated rings. The van der Waals surface area contributed by atoms with Gasteiger partial charge >= 0.3 is 11.9 Å². The monoisotopic (exact) mass is 324 g/mol. The molecule has 0 aromatic rings. The maximum absolute atomic E-state index is 12.0. The van der Waals surface area contributed by atoms with Crippen molar-refractivity contribution in [3.05, 3.63) is 36.5 Å². The zero-order valence-electron chi connectivity index (χ0n) is 13.6. The van der Waals surface area contributed by atoms with Gasteiger partial charge in [0.2, 0.25) is 0 Å². The van der Waals surface area contributed by atoms with Crippen molar-refractivity contribution in [2.45, 2.75) is 45.0 Å². The molecule has 1 saturated heterocycles. The molecule has 1 aliphatic heterocycles. The fourth-order valence-corrected chi connectivity index (χ4v) is 1.73.